The van der Waals surface area contributed by atoms with Crippen LogP contribution in [0.5, 0.6) is 0 Å². The molecule has 1 aromatic heterocycles. The molecule has 0 saturated carbocycles. The van der Waals surface area contributed by atoms with E-state index >= 15 is 0 Å². The minimum atomic E-state index is 0.0797. The van der Waals surface area contributed by atoms with Crippen LogP contribution in [-0.4, -0.2) is 21.3 Å². The first-order valence-electron chi connectivity index (χ1n) is 5.55. The predicted octanol–water partition coefficient (Wildman–Crippen LogP) is 2.98. The molecule has 1 heterocycles. The van der Waals surface area contributed by atoms with Gasteiger partial charge in [-0.15, -0.1) is 0 Å². The van der Waals surface area contributed by atoms with Crippen LogP contribution in [0.2, 0.25) is 0 Å². The minimum Gasteiger partial charge on any atom is -0.298 e. The zero-order valence-electron chi connectivity index (χ0n) is 9.93. The zero-order chi connectivity index (χ0) is 13.1. The second kappa shape index (κ2) is 5.71. The van der Waals surface area contributed by atoms with E-state index in [0.717, 1.165) is 21.5 Å². The summed E-state index contributed by atoms with van der Waals surface area (Å²) in [5, 5.41) is 4.46. The van der Waals surface area contributed by atoms with Crippen molar-refractivity contribution in [2.75, 3.05) is 5.75 Å². The first-order valence-corrected chi connectivity index (χ1v) is 6.98. The van der Waals surface area contributed by atoms with Crippen molar-refractivity contribution in [2.24, 2.45) is 0 Å². The number of benzene rings is 1. The maximum absolute atomic E-state index is 11.6. The molecule has 0 aliphatic rings. The summed E-state index contributed by atoms with van der Waals surface area (Å²) in [4.78, 5) is 11.6. The third kappa shape index (κ3) is 2.67. The number of nitrogens with zero attached hydrogens (tertiary/aromatic N) is 2. The van der Waals surface area contributed by atoms with Gasteiger partial charge in [-0.1, -0.05) is 18.2 Å². The van der Waals surface area contributed by atoms with Gasteiger partial charge in [0.1, 0.15) is 5.78 Å². The van der Waals surface area contributed by atoms with E-state index in [0.29, 0.717) is 6.42 Å². The van der Waals surface area contributed by atoms with E-state index in [1.807, 2.05) is 37.3 Å². The second-order valence-corrected chi connectivity index (χ2v) is 5.08. The normalized spacial score (nSPS) is 10.6. The lowest BCUT2D eigenvalue weighted by molar-refractivity contribution is -0.116. The molecule has 0 bridgehead atoms. The van der Waals surface area contributed by atoms with E-state index in [9.17, 15) is 4.79 Å². The Hall–Kier alpha value is -1.07. The van der Waals surface area contributed by atoms with Crippen molar-refractivity contribution in [3.63, 3.8) is 0 Å². The number of ketones is 1. The van der Waals surface area contributed by atoms with E-state index in [2.05, 4.69) is 33.7 Å². The van der Waals surface area contributed by atoms with E-state index in [-0.39, 0.29) is 11.5 Å². The second-order valence-electron chi connectivity index (χ2n) is 3.97. The molecule has 2 rings (SSSR count). The number of Topliss-reactive ketones (excluding diaryl/α,β-unsaturated/α-hetero) is 1. The Morgan fingerprint density at radius 2 is 2.06 bits per heavy atom. The molecule has 0 atom stereocenters. The molecule has 0 spiro atoms. The highest BCUT2D eigenvalue weighted by Crippen LogP contribution is 2.24. The van der Waals surface area contributed by atoms with Crippen molar-refractivity contribution >= 4 is 34.3 Å². The third-order valence-corrected chi connectivity index (χ3v) is 4.00. The highest BCUT2D eigenvalue weighted by atomic mass is 79.9. The van der Waals surface area contributed by atoms with Crippen molar-refractivity contribution in [3.05, 3.63) is 46.2 Å². The predicted molar refractivity (Wildman–Crippen MR) is 78.6 cm³/mol. The van der Waals surface area contributed by atoms with Crippen LogP contribution in [0.15, 0.2) is 34.8 Å². The lowest BCUT2D eigenvalue weighted by atomic mass is 10.2. The molecular formula is C13H13BrN2OS. The van der Waals surface area contributed by atoms with Gasteiger partial charge in [0, 0.05) is 5.75 Å². The summed E-state index contributed by atoms with van der Waals surface area (Å²) in [6.07, 6.45) is 0.333. The van der Waals surface area contributed by atoms with Gasteiger partial charge in [-0.25, -0.2) is 4.68 Å². The van der Waals surface area contributed by atoms with Crippen molar-refractivity contribution in [3.8, 4) is 5.69 Å². The van der Waals surface area contributed by atoms with Gasteiger partial charge in [-0.05, 0) is 35.0 Å². The summed E-state index contributed by atoms with van der Waals surface area (Å²) in [7, 11) is 0. The molecule has 2 aromatic rings. The maximum atomic E-state index is 11.6. The van der Waals surface area contributed by atoms with Crippen molar-refractivity contribution in [2.45, 2.75) is 13.3 Å². The van der Waals surface area contributed by atoms with Crippen molar-refractivity contribution in [1.82, 2.24) is 9.78 Å². The van der Waals surface area contributed by atoms with E-state index < -0.39 is 0 Å². The number of hydrogen-bond donors (Lipinski definition) is 1. The molecule has 0 saturated heterocycles. The average molecular weight is 325 g/mol. The van der Waals surface area contributed by atoms with Crippen LogP contribution in [0.4, 0.5) is 0 Å². The zero-order valence-corrected chi connectivity index (χ0v) is 12.4. The molecule has 0 aliphatic carbocycles. The molecule has 0 amide bonds. The van der Waals surface area contributed by atoms with E-state index in [1.54, 1.807) is 4.68 Å². The molecule has 0 N–H and O–H groups in total. The Balaban J connectivity index is 2.48. The van der Waals surface area contributed by atoms with Crippen molar-refractivity contribution < 1.29 is 4.79 Å². The lowest BCUT2D eigenvalue weighted by Gasteiger charge is -2.06. The van der Waals surface area contributed by atoms with Gasteiger partial charge in [-0.3, -0.25) is 4.79 Å². The summed E-state index contributed by atoms with van der Waals surface area (Å²) < 4.78 is 2.70. The van der Waals surface area contributed by atoms with Crippen LogP contribution in [0.1, 0.15) is 11.4 Å². The van der Waals surface area contributed by atoms with Crippen LogP contribution < -0.4 is 0 Å². The van der Waals surface area contributed by atoms with E-state index in [1.165, 1.54) is 0 Å². The molecule has 18 heavy (non-hydrogen) atoms. The van der Waals surface area contributed by atoms with Gasteiger partial charge in [0.25, 0.3) is 0 Å². The number of aromatic nitrogens is 2. The van der Waals surface area contributed by atoms with Gasteiger partial charge in [0.15, 0.2) is 0 Å². The van der Waals surface area contributed by atoms with Crippen molar-refractivity contribution in [1.29, 1.82) is 0 Å². The van der Waals surface area contributed by atoms with Gasteiger partial charge >= 0.3 is 0 Å². The minimum absolute atomic E-state index is 0.0797. The first-order chi connectivity index (χ1) is 8.63. The van der Waals surface area contributed by atoms with Crippen LogP contribution in [0.25, 0.3) is 5.69 Å². The first kappa shape index (κ1) is 13.4. The smallest absolute Gasteiger partial charge is 0.148 e. The van der Waals surface area contributed by atoms with E-state index in [4.69, 9.17) is 0 Å². The SMILES string of the molecule is Cc1nn(-c2ccccc2)c(CC(=O)CS)c1Br. The summed E-state index contributed by atoms with van der Waals surface area (Å²) >= 11 is 7.51. The monoisotopic (exact) mass is 324 g/mol. The Morgan fingerprint density at radius 1 is 1.39 bits per heavy atom. The molecule has 5 heteroatoms. The fraction of sp³-hybridized carbons (Fsp3) is 0.231. The molecule has 0 unspecified atom stereocenters. The Labute approximate surface area is 120 Å². The number of carbonyl (C=O) groups excluding carboxylic acids is 1. The maximum Gasteiger partial charge on any atom is 0.148 e. The van der Waals surface area contributed by atoms with Crippen LogP contribution >= 0.6 is 28.6 Å². The molecular weight excluding hydrogens is 312 g/mol. The van der Waals surface area contributed by atoms with Gasteiger partial charge in [0.2, 0.25) is 0 Å². The standard InChI is InChI=1S/C13H13BrN2OS/c1-9-13(14)12(7-11(17)8-18)16(15-9)10-5-3-2-4-6-10/h2-6,18H,7-8H2,1H3. The molecule has 3 nitrogen and oxygen atoms in total. The Kier molecular flexibility index (Phi) is 4.24. The summed E-state index contributed by atoms with van der Waals surface area (Å²) in [5.74, 6) is 0.321. The number of aryl methyl sites for hydroxylation is 1. The topological polar surface area (TPSA) is 34.9 Å². The summed E-state index contributed by atoms with van der Waals surface area (Å²) in [5.41, 5.74) is 2.70. The van der Waals surface area contributed by atoms with Gasteiger partial charge in [-0.2, -0.15) is 17.7 Å². The number of para-hydroxylation sites is 1. The van der Waals surface area contributed by atoms with Gasteiger partial charge < -0.3 is 0 Å². The van der Waals surface area contributed by atoms with Crippen LogP contribution in [0.3, 0.4) is 0 Å². The highest BCUT2D eigenvalue weighted by Gasteiger charge is 2.16. The molecule has 1 aromatic carbocycles. The molecule has 0 aliphatic heterocycles. The molecule has 0 radical (unpaired) electrons. The fourth-order valence-corrected chi connectivity index (χ4v) is 2.23. The number of thiol groups is 1. The van der Waals surface area contributed by atoms with Crippen LogP contribution in [-0.2, 0) is 11.2 Å². The van der Waals surface area contributed by atoms with Gasteiger partial charge in [0.05, 0.1) is 28.0 Å². The lowest BCUT2D eigenvalue weighted by Crippen LogP contribution is -2.10. The highest BCUT2D eigenvalue weighted by molar-refractivity contribution is 9.10. The fourth-order valence-electron chi connectivity index (χ4n) is 1.73. The quantitative estimate of drug-likeness (QED) is 0.877. The van der Waals surface area contributed by atoms with Crippen LogP contribution in [0, 0.1) is 6.92 Å². The molecule has 0 fully saturated rings. The number of carbonyl (C=O) groups is 1. The number of hydrogen-bond acceptors (Lipinski definition) is 3. The Bertz CT molecular complexity index is 566. The third-order valence-electron chi connectivity index (χ3n) is 2.62. The number of rotatable bonds is 4. The average Bonchev–Trinajstić information content (AvgIpc) is 2.68. The summed E-state index contributed by atoms with van der Waals surface area (Å²) in [6.45, 7) is 1.91. The molecule has 94 valence electrons. The number of halogens is 1. The Morgan fingerprint density at radius 3 is 2.67 bits per heavy atom. The summed E-state index contributed by atoms with van der Waals surface area (Å²) in [6, 6.07) is 9.78. The largest absolute Gasteiger partial charge is 0.298 e.